The van der Waals surface area contributed by atoms with Gasteiger partial charge >= 0.3 is 12.1 Å². The lowest BCUT2D eigenvalue weighted by Gasteiger charge is -2.27. The van der Waals surface area contributed by atoms with Crippen LogP contribution < -0.4 is 5.32 Å². The van der Waals surface area contributed by atoms with E-state index in [0.29, 0.717) is 13.0 Å². The maximum atomic E-state index is 12.9. The second kappa shape index (κ2) is 11.0. The molecule has 1 aliphatic carbocycles. The molecule has 1 unspecified atom stereocenters. The number of ether oxygens (including phenoxy) is 1. The Hall–Kier alpha value is -3.35. The number of hydrogen-bond acceptors (Lipinski definition) is 4. The number of amides is 2. The maximum absolute atomic E-state index is 12.9. The molecule has 176 valence electrons. The van der Waals surface area contributed by atoms with E-state index in [1.165, 1.54) is 4.90 Å². The van der Waals surface area contributed by atoms with Crippen molar-refractivity contribution in [2.45, 2.75) is 33.1 Å². The van der Waals surface area contributed by atoms with Gasteiger partial charge in [-0.3, -0.25) is 9.59 Å². The molecule has 0 saturated carbocycles. The van der Waals surface area contributed by atoms with E-state index in [0.717, 1.165) is 22.3 Å². The van der Waals surface area contributed by atoms with Crippen LogP contribution in [0.15, 0.2) is 48.5 Å². The first kappa shape index (κ1) is 24.3. The van der Waals surface area contributed by atoms with Crippen molar-refractivity contribution in [2.75, 3.05) is 26.2 Å². The molecule has 0 heterocycles. The summed E-state index contributed by atoms with van der Waals surface area (Å²) in [5, 5.41) is 11.8. The van der Waals surface area contributed by atoms with Crippen molar-refractivity contribution in [1.82, 2.24) is 10.2 Å². The van der Waals surface area contributed by atoms with Crippen LogP contribution in [0.3, 0.4) is 0 Å². The molecule has 2 amide bonds. The fourth-order valence-corrected chi connectivity index (χ4v) is 4.36. The number of fused-ring (bicyclic) bond motifs is 3. The number of carbonyl (C=O) groups excluding carboxylic acids is 2. The molecule has 0 spiro atoms. The molecule has 1 aliphatic rings. The van der Waals surface area contributed by atoms with Crippen molar-refractivity contribution < 1.29 is 24.2 Å². The normalized spacial score (nSPS) is 13.2. The number of carboxylic acids is 1. The molecule has 7 nitrogen and oxygen atoms in total. The van der Waals surface area contributed by atoms with Crippen LogP contribution in [0.1, 0.15) is 44.2 Å². The summed E-state index contributed by atoms with van der Waals surface area (Å²) in [7, 11) is 0. The highest BCUT2D eigenvalue weighted by Crippen LogP contribution is 2.44. The standard InChI is InChI=1S/C26H32N2O5/c1-4-18(25(31)28(14-17(2)3)15-24(29)30)13-27-26(32)33-16-23-21-11-7-5-9-19(21)20-10-6-8-12-22(20)23/h5-12,17-18,23H,4,13-16H2,1-3H3,(H,27,32)(H,29,30). The van der Waals surface area contributed by atoms with Gasteiger partial charge in [0.1, 0.15) is 13.2 Å². The van der Waals surface area contributed by atoms with E-state index < -0.39 is 18.0 Å². The van der Waals surface area contributed by atoms with Crippen LogP contribution in [0.25, 0.3) is 11.1 Å². The third-order valence-corrected chi connectivity index (χ3v) is 5.90. The van der Waals surface area contributed by atoms with Gasteiger partial charge in [0.05, 0.1) is 5.92 Å². The number of alkyl carbamates (subject to hydrolysis) is 1. The molecular weight excluding hydrogens is 420 g/mol. The smallest absolute Gasteiger partial charge is 0.407 e. The van der Waals surface area contributed by atoms with Crippen LogP contribution in [0.2, 0.25) is 0 Å². The third-order valence-electron chi connectivity index (χ3n) is 5.90. The van der Waals surface area contributed by atoms with Gasteiger partial charge in [-0.15, -0.1) is 0 Å². The summed E-state index contributed by atoms with van der Waals surface area (Å²) in [6.07, 6.45) is -0.103. The van der Waals surface area contributed by atoms with E-state index in [2.05, 4.69) is 29.6 Å². The topological polar surface area (TPSA) is 95.9 Å². The largest absolute Gasteiger partial charge is 0.480 e. The van der Waals surface area contributed by atoms with E-state index in [9.17, 15) is 14.4 Å². The van der Waals surface area contributed by atoms with Crippen molar-refractivity contribution in [3.8, 4) is 11.1 Å². The van der Waals surface area contributed by atoms with Gasteiger partial charge < -0.3 is 20.1 Å². The van der Waals surface area contributed by atoms with Crippen LogP contribution in [0, 0.1) is 11.8 Å². The second-order valence-corrected chi connectivity index (χ2v) is 8.82. The molecule has 0 radical (unpaired) electrons. The molecule has 3 rings (SSSR count). The van der Waals surface area contributed by atoms with Crippen molar-refractivity contribution in [3.05, 3.63) is 59.7 Å². The van der Waals surface area contributed by atoms with Gasteiger partial charge in [-0.25, -0.2) is 4.79 Å². The second-order valence-electron chi connectivity index (χ2n) is 8.82. The zero-order chi connectivity index (χ0) is 24.0. The van der Waals surface area contributed by atoms with E-state index in [1.54, 1.807) is 0 Å². The number of nitrogens with one attached hydrogen (secondary N) is 1. The average Bonchev–Trinajstić information content (AvgIpc) is 3.10. The summed E-state index contributed by atoms with van der Waals surface area (Å²) in [5.74, 6) is -1.73. The number of aliphatic carboxylic acids is 1. The predicted octanol–water partition coefficient (Wildman–Crippen LogP) is 4.12. The Morgan fingerprint density at radius 2 is 1.61 bits per heavy atom. The molecule has 0 saturated heterocycles. The van der Waals surface area contributed by atoms with Gasteiger partial charge in [0.15, 0.2) is 0 Å². The Labute approximate surface area is 194 Å². The summed E-state index contributed by atoms with van der Waals surface area (Å²) in [4.78, 5) is 37.8. The van der Waals surface area contributed by atoms with Crippen LogP contribution in [0.4, 0.5) is 4.79 Å². The van der Waals surface area contributed by atoms with E-state index in [-0.39, 0.29) is 37.4 Å². The Morgan fingerprint density at radius 3 is 2.12 bits per heavy atom. The SMILES string of the molecule is CCC(CNC(=O)OCC1c2ccccc2-c2ccccc21)C(=O)N(CC(=O)O)CC(C)C. The van der Waals surface area contributed by atoms with Crippen LogP contribution in [-0.4, -0.2) is 54.2 Å². The third kappa shape index (κ3) is 5.92. The first-order valence-corrected chi connectivity index (χ1v) is 11.4. The van der Waals surface area contributed by atoms with Crippen LogP contribution in [-0.2, 0) is 14.3 Å². The highest BCUT2D eigenvalue weighted by atomic mass is 16.5. The lowest BCUT2D eigenvalue weighted by atomic mass is 9.98. The molecule has 1 atom stereocenters. The molecule has 0 bridgehead atoms. The van der Waals surface area contributed by atoms with Gasteiger partial charge in [-0.1, -0.05) is 69.3 Å². The first-order valence-electron chi connectivity index (χ1n) is 11.4. The minimum absolute atomic E-state index is 0.0381. The molecule has 0 aliphatic heterocycles. The Morgan fingerprint density at radius 1 is 1.03 bits per heavy atom. The average molecular weight is 453 g/mol. The zero-order valence-corrected chi connectivity index (χ0v) is 19.4. The van der Waals surface area contributed by atoms with Gasteiger partial charge in [-0.2, -0.15) is 0 Å². The molecule has 2 N–H and O–H groups in total. The summed E-state index contributed by atoms with van der Waals surface area (Å²) >= 11 is 0. The van der Waals surface area contributed by atoms with Crippen LogP contribution in [0.5, 0.6) is 0 Å². The minimum Gasteiger partial charge on any atom is -0.480 e. The first-order chi connectivity index (χ1) is 15.8. The number of carboxylic acid groups (broad SMARTS) is 1. The van der Waals surface area contributed by atoms with Crippen molar-refractivity contribution >= 4 is 18.0 Å². The predicted molar refractivity (Wildman–Crippen MR) is 126 cm³/mol. The molecule has 2 aromatic rings. The molecule has 33 heavy (non-hydrogen) atoms. The molecule has 0 fully saturated rings. The van der Waals surface area contributed by atoms with Gasteiger partial charge in [0.25, 0.3) is 0 Å². The summed E-state index contributed by atoms with van der Waals surface area (Å²) in [6, 6.07) is 16.2. The van der Waals surface area contributed by atoms with E-state index in [4.69, 9.17) is 9.84 Å². The summed E-state index contributed by atoms with van der Waals surface area (Å²) in [5.41, 5.74) is 4.57. The van der Waals surface area contributed by atoms with Gasteiger partial charge in [-0.05, 0) is 34.6 Å². The number of nitrogens with zero attached hydrogens (tertiary/aromatic N) is 1. The fraction of sp³-hybridized carbons (Fsp3) is 0.423. The minimum atomic E-state index is -1.05. The number of hydrogen-bond donors (Lipinski definition) is 2. The zero-order valence-electron chi connectivity index (χ0n) is 19.4. The van der Waals surface area contributed by atoms with E-state index >= 15 is 0 Å². The Bertz CT molecular complexity index is 958. The van der Waals surface area contributed by atoms with Crippen molar-refractivity contribution in [1.29, 1.82) is 0 Å². The Kier molecular flexibility index (Phi) is 8.09. The quantitative estimate of drug-likeness (QED) is 0.565. The number of rotatable bonds is 10. The lowest BCUT2D eigenvalue weighted by Crippen LogP contribution is -2.45. The molecule has 7 heteroatoms. The number of benzene rings is 2. The molecular formula is C26H32N2O5. The molecule has 2 aromatic carbocycles. The van der Waals surface area contributed by atoms with Gasteiger partial charge in [0, 0.05) is 19.0 Å². The number of carbonyl (C=O) groups is 3. The summed E-state index contributed by atoms with van der Waals surface area (Å²) < 4.78 is 5.53. The maximum Gasteiger partial charge on any atom is 0.407 e. The van der Waals surface area contributed by atoms with Crippen LogP contribution >= 0.6 is 0 Å². The lowest BCUT2D eigenvalue weighted by molar-refractivity contribution is -0.146. The Balaban J connectivity index is 1.58. The fourth-order valence-electron chi connectivity index (χ4n) is 4.36. The highest BCUT2D eigenvalue weighted by molar-refractivity contribution is 5.84. The van der Waals surface area contributed by atoms with Gasteiger partial charge in [0.2, 0.25) is 5.91 Å². The highest BCUT2D eigenvalue weighted by Gasteiger charge is 2.30. The van der Waals surface area contributed by atoms with E-state index in [1.807, 2.05) is 45.0 Å². The summed E-state index contributed by atoms with van der Waals surface area (Å²) in [6.45, 7) is 6.00. The van der Waals surface area contributed by atoms with Crippen molar-refractivity contribution in [2.24, 2.45) is 11.8 Å². The molecule has 0 aromatic heterocycles. The monoisotopic (exact) mass is 452 g/mol. The van der Waals surface area contributed by atoms with Crippen molar-refractivity contribution in [3.63, 3.8) is 0 Å².